The third kappa shape index (κ3) is 7.19. The van der Waals surface area contributed by atoms with E-state index in [9.17, 15) is 19.2 Å². The molecule has 1 aromatic carbocycles. The minimum absolute atomic E-state index is 0.0305. The van der Waals surface area contributed by atoms with Gasteiger partial charge in [0.05, 0.1) is 13.2 Å². The van der Waals surface area contributed by atoms with E-state index in [1.165, 1.54) is 22.7 Å². The molecule has 0 saturated heterocycles. The Morgan fingerprint density at radius 2 is 1.50 bits per heavy atom. The summed E-state index contributed by atoms with van der Waals surface area (Å²) in [4.78, 5) is 50.2. The van der Waals surface area contributed by atoms with Gasteiger partial charge in [-0.15, -0.1) is 20.4 Å². The number of rotatable bonds is 12. The number of amides is 2. The van der Waals surface area contributed by atoms with Gasteiger partial charge in [0.15, 0.2) is 11.6 Å². The number of ether oxygens (including phenoxy) is 2. The van der Waals surface area contributed by atoms with E-state index < -0.39 is 0 Å². The van der Waals surface area contributed by atoms with Crippen LogP contribution in [0.4, 0.5) is 10.3 Å². The lowest BCUT2D eigenvalue weighted by Gasteiger charge is -2.20. The van der Waals surface area contributed by atoms with Crippen molar-refractivity contribution >= 4 is 56.3 Å². The Morgan fingerprint density at radius 1 is 0.870 bits per heavy atom. The molecule has 14 heteroatoms. The number of nitrogens with one attached hydrogen (secondary N) is 2. The summed E-state index contributed by atoms with van der Waals surface area (Å²) in [6.07, 6.45) is 10.2. The fourth-order valence-electron chi connectivity index (χ4n) is 5.99. The molecule has 3 aliphatic carbocycles. The van der Waals surface area contributed by atoms with Crippen molar-refractivity contribution in [2.45, 2.75) is 57.0 Å². The molecule has 6 rings (SSSR count). The van der Waals surface area contributed by atoms with Crippen LogP contribution in [0.2, 0.25) is 0 Å². The summed E-state index contributed by atoms with van der Waals surface area (Å²) in [6, 6.07) is 5.33. The van der Waals surface area contributed by atoms with E-state index in [0.717, 1.165) is 26.7 Å². The zero-order valence-corrected chi connectivity index (χ0v) is 26.9. The van der Waals surface area contributed by atoms with Crippen molar-refractivity contribution in [1.82, 2.24) is 20.4 Å². The molecule has 3 aromatic rings. The average molecular weight is 661 g/mol. The van der Waals surface area contributed by atoms with Crippen molar-refractivity contribution in [2.24, 2.45) is 5.92 Å². The van der Waals surface area contributed by atoms with Crippen molar-refractivity contribution in [3.05, 3.63) is 74.8 Å². The van der Waals surface area contributed by atoms with Gasteiger partial charge in [0.2, 0.25) is 22.1 Å². The molecule has 0 fully saturated rings. The molecule has 3 aliphatic rings. The maximum Gasteiger partial charge on any atom is 0.226 e. The van der Waals surface area contributed by atoms with E-state index in [2.05, 4.69) is 31.0 Å². The molecule has 0 aliphatic heterocycles. The van der Waals surface area contributed by atoms with Gasteiger partial charge in [-0.3, -0.25) is 19.2 Å². The SMILES string of the molecule is COc1ccc2c(c1)C(CC(=O)Nc1nnc(C/C=C/Cc3nnc(NC(=O)CC4CC(=O)C5=C4CC(OC)C=C5)s3)s1)CC2=O. The van der Waals surface area contributed by atoms with Gasteiger partial charge in [0.1, 0.15) is 15.8 Å². The van der Waals surface area contributed by atoms with Gasteiger partial charge in [-0.1, -0.05) is 52.6 Å². The maximum atomic E-state index is 12.7. The summed E-state index contributed by atoms with van der Waals surface area (Å²) >= 11 is 2.59. The second-order valence-electron chi connectivity index (χ2n) is 11.3. The Bertz CT molecular complexity index is 1780. The molecule has 12 nitrogen and oxygen atoms in total. The number of hydrogen-bond acceptors (Lipinski definition) is 12. The van der Waals surface area contributed by atoms with Gasteiger partial charge in [0, 0.05) is 62.7 Å². The molecule has 3 atom stereocenters. The highest BCUT2D eigenvalue weighted by molar-refractivity contribution is 7.15. The minimum Gasteiger partial charge on any atom is -0.497 e. The number of Topliss-reactive ketones (excluding diaryl/α,β-unsaturated/α-hetero) is 2. The van der Waals surface area contributed by atoms with Crippen LogP contribution in [0.15, 0.2) is 53.6 Å². The van der Waals surface area contributed by atoms with Crippen LogP contribution in [0.25, 0.3) is 0 Å². The highest BCUT2D eigenvalue weighted by Crippen LogP contribution is 2.39. The van der Waals surface area contributed by atoms with Crippen LogP contribution < -0.4 is 15.4 Å². The summed E-state index contributed by atoms with van der Waals surface area (Å²) in [5.41, 5.74) is 3.20. The number of anilines is 2. The lowest BCUT2D eigenvalue weighted by molar-refractivity contribution is -0.118. The molecule has 46 heavy (non-hydrogen) atoms. The van der Waals surface area contributed by atoms with Crippen LogP contribution in [0.3, 0.4) is 0 Å². The number of allylic oxidation sites excluding steroid dienone is 4. The first-order valence-electron chi connectivity index (χ1n) is 14.9. The number of carbonyl (C=O) groups is 4. The van der Waals surface area contributed by atoms with Gasteiger partial charge in [-0.05, 0) is 36.1 Å². The third-order valence-electron chi connectivity index (χ3n) is 8.24. The third-order valence-corrected chi connectivity index (χ3v) is 9.97. The lowest BCUT2D eigenvalue weighted by atomic mass is 9.89. The molecule has 238 valence electrons. The van der Waals surface area contributed by atoms with Crippen LogP contribution in [0, 0.1) is 5.92 Å². The van der Waals surface area contributed by atoms with E-state index in [-0.39, 0.29) is 54.2 Å². The molecule has 0 spiro atoms. The van der Waals surface area contributed by atoms with Crippen LogP contribution in [0.5, 0.6) is 5.75 Å². The molecule has 2 N–H and O–H groups in total. The Kier molecular flexibility index (Phi) is 9.56. The van der Waals surface area contributed by atoms with Crippen molar-refractivity contribution in [3.8, 4) is 5.75 Å². The van der Waals surface area contributed by atoms with E-state index in [1.807, 2.05) is 30.4 Å². The molecular formula is C32H32N6O6S2. The smallest absolute Gasteiger partial charge is 0.226 e. The highest BCUT2D eigenvalue weighted by Gasteiger charge is 2.35. The van der Waals surface area contributed by atoms with Crippen LogP contribution >= 0.6 is 22.7 Å². The van der Waals surface area contributed by atoms with Crippen molar-refractivity contribution in [1.29, 1.82) is 0 Å². The predicted octanol–water partition coefficient (Wildman–Crippen LogP) is 4.63. The summed E-state index contributed by atoms with van der Waals surface area (Å²) in [5.74, 6) is -0.000475. The number of methoxy groups -OCH3 is 2. The summed E-state index contributed by atoms with van der Waals surface area (Å²) in [6.45, 7) is 0. The number of benzene rings is 1. The van der Waals surface area contributed by atoms with Crippen molar-refractivity contribution in [3.63, 3.8) is 0 Å². The monoisotopic (exact) mass is 660 g/mol. The fraction of sp³-hybridized carbons (Fsp3) is 0.375. The number of fused-ring (bicyclic) bond motifs is 1. The zero-order chi connectivity index (χ0) is 32.2. The Labute approximate surface area is 273 Å². The maximum absolute atomic E-state index is 12.7. The topological polar surface area (TPSA) is 162 Å². The number of aromatic nitrogens is 4. The first kappa shape index (κ1) is 31.6. The van der Waals surface area contributed by atoms with Gasteiger partial charge in [-0.25, -0.2) is 0 Å². The van der Waals surface area contributed by atoms with E-state index in [4.69, 9.17) is 9.47 Å². The lowest BCUT2D eigenvalue weighted by Crippen LogP contribution is -2.19. The standard InChI is InChI=1S/C32H32N6O6S2/c1-43-19-7-9-21-23(15-19)17(11-25(21)39)13-27(41)33-31-37-35-29(45-31)5-3-4-6-30-36-38-32(46-30)34-28(42)14-18-12-26(40)22-10-8-20(44-2)16-24(18)22/h3-4,7-10,15,17-18,20H,5-6,11-14,16H2,1-2H3,(H,33,37,41)(H,34,38,42)/b4-3+. The number of carbonyl (C=O) groups excluding carboxylic acids is 4. The normalized spacial score (nSPS) is 20.3. The first-order valence-corrected chi connectivity index (χ1v) is 16.5. The Morgan fingerprint density at radius 3 is 2.13 bits per heavy atom. The van der Waals surface area contributed by atoms with Crippen LogP contribution in [0.1, 0.15) is 64.0 Å². The molecule has 3 unspecified atom stereocenters. The second kappa shape index (κ2) is 13.9. The highest BCUT2D eigenvalue weighted by atomic mass is 32.1. The predicted molar refractivity (Wildman–Crippen MR) is 172 cm³/mol. The van der Waals surface area contributed by atoms with Gasteiger partial charge in [-0.2, -0.15) is 0 Å². The molecular weight excluding hydrogens is 629 g/mol. The summed E-state index contributed by atoms with van der Waals surface area (Å²) < 4.78 is 10.7. The Balaban J connectivity index is 0.939. The first-order chi connectivity index (χ1) is 22.3. The second-order valence-corrected chi connectivity index (χ2v) is 13.4. The number of ketones is 2. The van der Waals surface area contributed by atoms with Crippen LogP contribution in [-0.4, -0.2) is 64.1 Å². The molecule has 2 amide bonds. The van der Waals surface area contributed by atoms with Crippen LogP contribution in [-0.2, 0) is 32.0 Å². The van der Waals surface area contributed by atoms with Crippen molar-refractivity contribution < 1.29 is 28.7 Å². The summed E-state index contributed by atoms with van der Waals surface area (Å²) in [5, 5.41) is 24.4. The quantitative estimate of drug-likeness (QED) is 0.262. The fourth-order valence-corrected chi connectivity index (χ4v) is 7.45. The molecule has 0 bridgehead atoms. The number of nitrogens with zero attached hydrogens (tertiary/aromatic N) is 4. The zero-order valence-electron chi connectivity index (χ0n) is 25.3. The van der Waals surface area contributed by atoms with Crippen molar-refractivity contribution in [2.75, 3.05) is 24.9 Å². The molecule has 2 aromatic heterocycles. The minimum atomic E-state index is -0.227. The van der Waals surface area contributed by atoms with E-state index in [1.54, 1.807) is 26.4 Å². The molecule has 2 heterocycles. The molecule has 0 saturated carbocycles. The Hall–Kier alpha value is -4.40. The van der Waals surface area contributed by atoms with Gasteiger partial charge < -0.3 is 20.1 Å². The van der Waals surface area contributed by atoms with E-state index >= 15 is 0 Å². The van der Waals surface area contributed by atoms with Gasteiger partial charge in [0.25, 0.3) is 0 Å². The largest absolute Gasteiger partial charge is 0.497 e. The van der Waals surface area contributed by atoms with E-state index in [0.29, 0.717) is 53.7 Å². The molecule has 0 radical (unpaired) electrons. The van der Waals surface area contributed by atoms with Gasteiger partial charge >= 0.3 is 0 Å². The number of hydrogen-bond donors (Lipinski definition) is 2. The average Bonchev–Trinajstić information content (AvgIpc) is 3.82. The summed E-state index contributed by atoms with van der Waals surface area (Å²) in [7, 11) is 3.21.